The Kier molecular flexibility index (Phi) is 3.34. The van der Waals surface area contributed by atoms with Gasteiger partial charge in [-0.15, -0.1) is 11.3 Å². The quantitative estimate of drug-likeness (QED) is 0.910. The number of thiazole rings is 1. The molecule has 0 fully saturated rings. The van der Waals surface area contributed by atoms with Gasteiger partial charge < -0.3 is 5.11 Å². The van der Waals surface area contributed by atoms with Gasteiger partial charge in [-0.1, -0.05) is 15.9 Å². The van der Waals surface area contributed by atoms with E-state index in [0.717, 1.165) is 4.47 Å². The molecule has 17 heavy (non-hydrogen) atoms. The van der Waals surface area contributed by atoms with E-state index in [4.69, 9.17) is 0 Å². The summed E-state index contributed by atoms with van der Waals surface area (Å²) >= 11 is 4.62. The van der Waals surface area contributed by atoms with Gasteiger partial charge in [0.2, 0.25) is 0 Å². The molecule has 0 atom stereocenters. The molecule has 0 aliphatic rings. The van der Waals surface area contributed by atoms with Gasteiger partial charge >= 0.3 is 0 Å². The molecule has 1 aromatic heterocycles. The average Bonchev–Trinajstić information content (AvgIpc) is 2.70. The SMILES string of the molecule is CC(C)(O)c1csc(-c2cc(Br)ccc2F)n1. The zero-order valence-corrected chi connectivity index (χ0v) is 11.8. The molecule has 0 unspecified atom stereocenters. The Bertz CT molecular complexity index is 548. The highest BCUT2D eigenvalue weighted by molar-refractivity contribution is 9.10. The molecule has 1 heterocycles. The van der Waals surface area contributed by atoms with E-state index in [9.17, 15) is 9.50 Å². The van der Waals surface area contributed by atoms with Gasteiger partial charge in [-0.05, 0) is 32.0 Å². The van der Waals surface area contributed by atoms with E-state index in [2.05, 4.69) is 20.9 Å². The number of hydrogen-bond donors (Lipinski definition) is 1. The summed E-state index contributed by atoms with van der Waals surface area (Å²) in [5.41, 5.74) is -0.00575. The third kappa shape index (κ3) is 2.73. The lowest BCUT2D eigenvalue weighted by Crippen LogP contribution is -2.15. The fraction of sp³-hybridized carbons (Fsp3) is 0.250. The predicted molar refractivity (Wildman–Crippen MR) is 70.5 cm³/mol. The van der Waals surface area contributed by atoms with Crippen LogP contribution in [0.3, 0.4) is 0 Å². The average molecular weight is 316 g/mol. The van der Waals surface area contributed by atoms with Crippen molar-refractivity contribution in [2.45, 2.75) is 19.4 Å². The van der Waals surface area contributed by atoms with Gasteiger partial charge in [0, 0.05) is 15.4 Å². The molecule has 0 radical (unpaired) electrons. The molecule has 0 saturated carbocycles. The number of halogens is 2. The van der Waals surface area contributed by atoms with E-state index in [-0.39, 0.29) is 5.82 Å². The third-order valence-corrected chi connectivity index (χ3v) is 3.66. The van der Waals surface area contributed by atoms with Gasteiger partial charge in [0.15, 0.2) is 0 Å². The van der Waals surface area contributed by atoms with Gasteiger partial charge in [0.25, 0.3) is 0 Å². The highest BCUT2D eigenvalue weighted by Gasteiger charge is 2.20. The van der Waals surface area contributed by atoms with E-state index in [1.165, 1.54) is 17.4 Å². The first-order valence-corrected chi connectivity index (χ1v) is 6.69. The van der Waals surface area contributed by atoms with Crippen LogP contribution in [-0.4, -0.2) is 10.1 Å². The molecule has 2 nitrogen and oxygen atoms in total. The molecule has 0 saturated heterocycles. The Balaban J connectivity index is 2.47. The van der Waals surface area contributed by atoms with Crippen molar-refractivity contribution < 1.29 is 9.50 Å². The lowest BCUT2D eigenvalue weighted by atomic mass is 10.1. The van der Waals surface area contributed by atoms with Crippen LogP contribution in [0.4, 0.5) is 4.39 Å². The maximum Gasteiger partial charge on any atom is 0.133 e. The second-order valence-electron chi connectivity index (χ2n) is 4.22. The maximum absolute atomic E-state index is 13.6. The summed E-state index contributed by atoms with van der Waals surface area (Å²) in [7, 11) is 0. The van der Waals surface area contributed by atoms with Crippen LogP contribution >= 0.6 is 27.3 Å². The first-order chi connectivity index (χ1) is 7.88. The molecule has 0 amide bonds. The molecule has 5 heteroatoms. The molecular weight excluding hydrogens is 305 g/mol. The van der Waals surface area contributed by atoms with Gasteiger partial charge in [-0.3, -0.25) is 0 Å². The van der Waals surface area contributed by atoms with Crippen molar-refractivity contribution in [3.8, 4) is 10.6 Å². The molecule has 1 N–H and O–H groups in total. The van der Waals surface area contributed by atoms with E-state index < -0.39 is 5.60 Å². The van der Waals surface area contributed by atoms with Crippen molar-refractivity contribution in [2.75, 3.05) is 0 Å². The summed E-state index contributed by atoms with van der Waals surface area (Å²) in [6.07, 6.45) is 0. The molecular formula is C12H11BrFNOS. The van der Waals surface area contributed by atoms with Gasteiger partial charge in [0.1, 0.15) is 16.4 Å². The summed E-state index contributed by atoms with van der Waals surface area (Å²) in [6, 6.07) is 4.72. The van der Waals surface area contributed by atoms with Crippen LogP contribution in [0.5, 0.6) is 0 Å². The topological polar surface area (TPSA) is 33.1 Å². The fourth-order valence-electron chi connectivity index (χ4n) is 1.34. The molecule has 0 bridgehead atoms. The number of benzene rings is 1. The zero-order chi connectivity index (χ0) is 12.6. The first kappa shape index (κ1) is 12.7. The summed E-state index contributed by atoms with van der Waals surface area (Å²) in [6.45, 7) is 3.31. The van der Waals surface area contributed by atoms with Crippen LogP contribution in [0.15, 0.2) is 28.1 Å². The second-order valence-corrected chi connectivity index (χ2v) is 5.99. The van der Waals surface area contributed by atoms with Crippen molar-refractivity contribution in [1.82, 2.24) is 4.98 Å². The molecule has 1 aromatic carbocycles. The van der Waals surface area contributed by atoms with Crippen LogP contribution in [0.2, 0.25) is 0 Å². The smallest absolute Gasteiger partial charge is 0.133 e. The highest BCUT2D eigenvalue weighted by Crippen LogP contribution is 2.31. The largest absolute Gasteiger partial charge is 0.384 e. The highest BCUT2D eigenvalue weighted by atomic mass is 79.9. The van der Waals surface area contributed by atoms with Gasteiger partial charge in [0.05, 0.1) is 5.69 Å². The molecule has 0 aliphatic carbocycles. The lowest BCUT2D eigenvalue weighted by Gasteiger charge is -2.13. The molecule has 0 aliphatic heterocycles. The minimum Gasteiger partial charge on any atom is -0.384 e. The predicted octanol–water partition coefficient (Wildman–Crippen LogP) is 3.94. The standard InChI is InChI=1S/C12H11BrFNOS/c1-12(2,16)10-6-17-11(15-10)8-5-7(13)3-4-9(8)14/h3-6,16H,1-2H3. The van der Waals surface area contributed by atoms with E-state index in [1.54, 1.807) is 31.4 Å². The van der Waals surface area contributed by atoms with Gasteiger partial charge in [-0.25, -0.2) is 9.37 Å². The third-order valence-electron chi connectivity index (χ3n) is 2.29. The number of aromatic nitrogens is 1. The van der Waals surface area contributed by atoms with Crippen LogP contribution in [0.1, 0.15) is 19.5 Å². The zero-order valence-electron chi connectivity index (χ0n) is 9.37. The normalized spacial score (nSPS) is 11.8. The maximum atomic E-state index is 13.6. The van der Waals surface area contributed by atoms with E-state index >= 15 is 0 Å². The summed E-state index contributed by atoms with van der Waals surface area (Å²) in [4.78, 5) is 4.26. The van der Waals surface area contributed by atoms with Crippen molar-refractivity contribution in [2.24, 2.45) is 0 Å². The van der Waals surface area contributed by atoms with Crippen molar-refractivity contribution in [3.63, 3.8) is 0 Å². The molecule has 2 rings (SSSR count). The van der Waals surface area contributed by atoms with Crippen molar-refractivity contribution in [3.05, 3.63) is 39.6 Å². The second kappa shape index (κ2) is 4.48. The number of nitrogens with zero attached hydrogens (tertiary/aromatic N) is 1. The van der Waals surface area contributed by atoms with Crippen LogP contribution in [0.25, 0.3) is 10.6 Å². The Morgan fingerprint density at radius 3 is 2.71 bits per heavy atom. The molecule has 2 aromatic rings. The van der Waals surface area contributed by atoms with Gasteiger partial charge in [-0.2, -0.15) is 0 Å². The number of rotatable bonds is 2. The fourth-order valence-corrected chi connectivity index (χ4v) is 2.70. The Morgan fingerprint density at radius 2 is 2.12 bits per heavy atom. The Hall–Kier alpha value is -0.780. The van der Waals surface area contributed by atoms with Crippen molar-refractivity contribution in [1.29, 1.82) is 0 Å². The molecule has 0 spiro atoms. The number of hydrogen-bond acceptors (Lipinski definition) is 3. The van der Waals surface area contributed by atoms with Crippen molar-refractivity contribution >= 4 is 27.3 Å². The van der Waals surface area contributed by atoms with Crippen LogP contribution in [0, 0.1) is 5.82 Å². The monoisotopic (exact) mass is 315 g/mol. The minimum absolute atomic E-state index is 0.315. The summed E-state index contributed by atoms with van der Waals surface area (Å²) < 4.78 is 14.4. The van der Waals surface area contributed by atoms with Crippen LogP contribution in [-0.2, 0) is 5.60 Å². The first-order valence-electron chi connectivity index (χ1n) is 5.02. The summed E-state index contributed by atoms with van der Waals surface area (Å²) in [5.74, 6) is -0.315. The Labute approximate surface area is 111 Å². The van der Waals surface area contributed by atoms with E-state index in [1.807, 2.05) is 0 Å². The molecule has 90 valence electrons. The minimum atomic E-state index is -1.00. The Morgan fingerprint density at radius 1 is 1.41 bits per heavy atom. The number of aliphatic hydroxyl groups is 1. The summed E-state index contributed by atoms with van der Waals surface area (Å²) in [5, 5.41) is 12.1. The van der Waals surface area contributed by atoms with E-state index in [0.29, 0.717) is 16.3 Å². The van der Waals surface area contributed by atoms with Crippen LogP contribution < -0.4 is 0 Å². The lowest BCUT2D eigenvalue weighted by molar-refractivity contribution is 0.0746.